The quantitative estimate of drug-likeness (QED) is 0.838. The van der Waals surface area contributed by atoms with Crippen LogP contribution in [0.4, 0.5) is 0 Å². The highest BCUT2D eigenvalue weighted by Gasteiger charge is 2.31. The molecule has 1 fully saturated rings. The smallest absolute Gasteiger partial charge is 0.308 e. The molecule has 1 unspecified atom stereocenters. The predicted octanol–water partition coefficient (Wildman–Crippen LogP) is 1.25. The van der Waals surface area contributed by atoms with Crippen molar-refractivity contribution in [1.82, 2.24) is 4.90 Å². The zero-order chi connectivity index (χ0) is 14.5. The maximum atomic E-state index is 12.2. The number of aliphatic carboxylic acids is 1. The summed E-state index contributed by atoms with van der Waals surface area (Å²) in [6.07, 6.45) is 5.60. The van der Waals surface area contributed by atoms with E-state index in [1.54, 1.807) is 29.2 Å². The van der Waals surface area contributed by atoms with Crippen LogP contribution in [0.3, 0.4) is 0 Å². The van der Waals surface area contributed by atoms with E-state index in [9.17, 15) is 9.59 Å². The summed E-state index contributed by atoms with van der Waals surface area (Å²) in [4.78, 5) is 24.6. The van der Waals surface area contributed by atoms with E-state index in [0.717, 1.165) is 0 Å². The molecular weight excluding hydrogens is 258 g/mol. The minimum Gasteiger partial charge on any atom is -0.481 e. The highest BCUT2D eigenvalue weighted by molar-refractivity contribution is 5.94. The fourth-order valence-corrected chi connectivity index (χ4v) is 2.15. The summed E-state index contributed by atoms with van der Waals surface area (Å²) >= 11 is 0. The van der Waals surface area contributed by atoms with Gasteiger partial charge in [0.25, 0.3) is 5.91 Å². The first-order valence-corrected chi connectivity index (χ1v) is 6.30. The Hall–Kier alpha value is -2.48. The number of likely N-dealkylation sites (tertiary alicyclic amines) is 1. The third-order valence-electron chi connectivity index (χ3n) is 3.25. The molecule has 0 spiro atoms. The van der Waals surface area contributed by atoms with E-state index in [-0.39, 0.29) is 19.1 Å². The van der Waals surface area contributed by atoms with Crippen molar-refractivity contribution in [2.24, 2.45) is 5.92 Å². The second kappa shape index (κ2) is 6.11. The molecule has 0 bridgehead atoms. The number of hydrogen-bond donors (Lipinski definition) is 1. The Kier molecular flexibility index (Phi) is 4.26. The van der Waals surface area contributed by atoms with Gasteiger partial charge >= 0.3 is 5.97 Å². The Labute approximate surface area is 117 Å². The second-order valence-corrected chi connectivity index (χ2v) is 4.59. The number of carbonyl (C=O) groups excluding carboxylic acids is 1. The number of benzene rings is 1. The van der Waals surface area contributed by atoms with Crippen LogP contribution in [0.1, 0.15) is 16.8 Å². The van der Waals surface area contributed by atoms with Gasteiger partial charge in [-0.2, -0.15) is 0 Å². The van der Waals surface area contributed by atoms with Crippen LogP contribution < -0.4 is 4.74 Å². The van der Waals surface area contributed by atoms with Crippen LogP contribution in [0, 0.1) is 18.3 Å². The number of carboxylic acids is 1. The third kappa shape index (κ3) is 3.09. The minimum absolute atomic E-state index is 0.155. The van der Waals surface area contributed by atoms with E-state index < -0.39 is 11.9 Å². The van der Waals surface area contributed by atoms with Crippen molar-refractivity contribution in [2.75, 3.05) is 19.7 Å². The average molecular weight is 273 g/mol. The predicted molar refractivity (Wildman–Crippen MR) is 72.4 cm³/mol. The molecule has 1 heterocycles. The number of terminal acetylenes is 1. The van der Waals surface area contributed by atoms with Gasteiger partial charge in [-0.05, 0) is 30.7 Å². The number of amides is 1. The van der Waals surface area contributed by atoms with Gasteiger partial charge in [0.1, 0.15) is 12.4 Å². The Morgan fingerprint density at radius 3 is 2.65 bits per heavy atom. The van der Waals surface area contributed by atoms with Gasteiger partial charge in [-0.1, -0.05) is 5.92 Å². The van der Waals surface area contributed by atoms with Gasteiger partial charge < -0.3 is 14.7 Å². The van der Waals surface area contributed by atoms with Crippen LogP contribution in [0.2, 0.25) is 0 Å². The molecule has 1 aliphatic rings. The number of nitrogens with zero attached hydrogens (tertiary/aromatic N) is 1. The molecule has 0 saturated carbocycles. The van der Waals surface area contributed by atoms with Crippen LogP contribution in [-0.2, 0) is 4.79 Å². The zero-order valence-electron chi connectivity index (χ0n) is 10.9. The lowest BCUT2D eigenvalue weighted by atomic mass is 10.1. The Balaban J connectivity index is 2.00. The van der Waals surface area contributed by atoms with Gasteiger partial charge in [-0.3, -0.25) is 9.59 Å². The van der Waals surface area contributed by atoms with Gasteiger partial charge in [0.15, 0.2) is 0 Å². The minimum atomic E-state index is -0.849. The van der Waals surface area contributed by atoms with E-state index >= 15 is 0 Å². The Morgan fingerprint density at radius 1 is 1.40 bits per heavy atom. The Morgan fingerprint density at radius 2 is 2.10 bits per heavy atom. The lowest BCUT2D eigenvalue weighted by molar-refractivity contribution is -0.141. The van der Waals surface area contributed by atoms with Gasteiger partial charge in [0, 0.05) is 18.7 Å². The standard InChI is InChI=1S/C15H15NO4/c1-2-9-20-13-5-3-11(4-6-13)14(17)16-8-7-12(10-16)15(18)19/h1,3-6,12H,7-10H2,(H,18,19). The van der Waals surface area contributed by atoms with E-state index in [0.29, 0.717) is 24.3 Å². The highest BCUT2D eigenvalue weighted by Crippen LogP contribution is 2.20. The van der Waals surface area contributed by atoms with Crippen LogP contribution in [0.5, 0.6) is 5.75 Å². The van der Waals surface area contributed by atoms with Crippen LogP contribution in [0.25, 0.3) is 0 Å². The lowest BCUT2D eigenvalue weighted by Crippen LogP contribution is -2.29. The molecule has 1 amide bonds. The van der Waals surface area contributed by atoms with Crippen molar-refractivity contribution in [1.29, 1.82) is 0 Å². The summed E-state index contributed by atoms with van der Waals surface area (Å²) in [5.74, 6) is 1.50. The molecule has 5 heteroatoms. The molecule has 1 aromatic rings. The fraction of sp³-hybridized carbons (Fsp3) is 0.333. The Bertz CT molecular complexity index is 544. The number of carbonyl (C=O) groups is 2. The lowest BCUT2D eigenvalue weighted by Gasteiger charge is -2.16. The van der Waals surface area contributed by atoms with E-state index in [1.807, 2.05) is 0 Å². The van der Waals surface area contributed by atoms with Crippen molar-refractivity contribution < 1.29 is 19.4 Å². The molecule has 0 radical (unpaired) electrons. The normalized spacial score (nSPS) is 17.6. The van der Waals surface area contributed by atoms with Crippen molar-refractivity contribution in [2.45, 2.75) is 6.42 Å². The van der Waals surface area contributed by atoms with Crippen molar-refractivity contribution in [3.63, 3.8) is 0 Å². The summed E-state index contributed by atoms with van der Waals surface area (Å²) in [6, 6.07) is 6.66. The molecule has 1 aliphatic heterocycles. The van der Waals surface area contributed by atoms with E-state index in [1.165, 1.54) is 0 Å². The SMILES string of the molecule is C#CCOc1ccc(C(=O)N2CCC(C(=O)O)C2)cc1. The molecule has 1 aromatic carbocycles. The summed E-state index contributed by atoms with van der Waals surface area (Å²) in [5.41, 5.74) is 0.518. The van der Waals surface area contributed by atoms with Crippen LogP contribution >= 0.6 is 0 Å². The largest absolute Gasteiger partial charge is 0.481 e. The van der Waals surface area contributed by atoms with Gasteiger partial charge in [-0.25, -0.2) is 0 Å². The number of carboxylic acid groups (broad SMARTS) is 1. The molecule has 0 aliphatic carbocycles. The maximum absolute atomic E-state index is 12.2. The summed E-state index contributed by atoms with van der Waals surface area (Å²) in [6.45, 7) is 0.925. The molecule has 5 nitrogen and oxygen atoms in total. The van der Waals surface area contributed by atoms with Crippen molar-refractivity contribution in [3.05, 3.63) is 29.8 Å². The summed E-state index contributed by atoms with van der Waals surface area (Å²) < 4.78 is 5.23. The third-order valence-corrected chi connectivity index (χ3v) is 3.25. The number of rotatable bonds is 4. The second-order valence-electron chi connectivity index (χ2n) is 4.59. The van der Waals surface area contributed by atoms with Gasteiger partial charge in [0.2, 0.25) is 0 Å². The highest BCUT2D eigenvalue weighted by atomic mass is 16.5. The average Bonchev–Trinajstić information content (AvgIpc) is 2.95. The van der Waals surface area contributed by atoms with E-state index in [2.05, 4.69) is 5.92 Å². The molecule has 2 rings (SSSR count). The topological polar surface area (TPSA) is 66.8 Å². The number of ether oxygens (including phenoxy) is 1. The first-order chi connectivity index (χ1) is 9.61. The van der Waals surface area contributed by atoms with E-state index in [4.69, 9.17) is 16.3 Å². The van der Waals surface area contributed by atoms with Gasteiger partial charge in [0.05, 0.1) is 5.92 Å². The summed E-state index contributed by atoms with van der Waals surface area (Å²) in [7, 11) is 0. The molecule has 0 aromatic heterocycles. The molecule has 1 atom stereocenters. The zero-order valence-corrected chi connectivity index (χ0v) is 10.9. The van der Waals surface area contributed by atoms with Crippen LogP contribution in [0.15, 0.2) is 24.3 Å². The first kappa shape index (κ1) is 13.9. The fourth-order valence-electron chi connectivity index (χ4n) is 2.15. The van der Waals surface area contributed by atoms with Crippen LogP contribution in [-0.4, -0.2) is 41.6 Å². The molecule has 1 saturated heterocycles. The number of hydrogen-bond acceptors (Lipinski definition) is 3. The maximum Gasteiger partial charge on any atom is 0.308 e. The first-order valence-electron chi connectivity index (χ1n) is 6.30. The molecule has 20 heavy (non-hydrogen) atoms. The monoisotopic (exact) mass is 273 g/mol. The molecule has 104 valence electrons. The molecular formula is C15H15NO4. The molecule has 1 N–H and O–H groups in total. The summed E-state index contributed by atoms with van der Waals surface area (Å²) in [5, 5.41) is 8.93. The van der Waals surface area contributed by atoms with Gasteiger partial charge in [-0.15, -0.1) is 6.42 Å². The van der Waals surface area contributed by atoms with Crippen molar-refractivity contribution in [3.8, 4) is 18.1 Å². The van der Waals surface area contributed by atoms with Crippen molar-refractivity contribution >= 4 is 11.9 Å².